The smallest absolute Gasteiger partial charge is 0.143 e. The van der Waals surface area contributed by atoms with Gasteiger partial charge < -0.3 is 14.2 Å². The summed E-state index contributed by atoms with van der Waals surface area (Å²) in [7, 11) is 0.981. The van der Waals surface area contributed by atoms with Crippen LogP contribution in [0.1, 0.15) is 5.69 Å². The number of anilines is 2. The van der Waals surface area contributed by atoms with Crippen LogP contribution in [0.2, 0.25) is 25.7 Å². The van der Waals surface area contributed by atoms with Gasteiger partial charge in [0.2, 0.25) is 0 Å². The molecule has 31 heavy (non-hydrogen) atoms. The molecule has 3 aromatic heterocycles. The summed E-state index contributed by atoms with van der Waals surface area (Å²) < 4.78 is 9.95. The summed E-state index contributed by atoms with van der Waals surface area (Å²) in [6.07, 6.45) is 5.97. The molecule has 3 heterocycles. The highest BCUT2D eigenvalue weighted by Gasteiger charge is 2.16. The molecule has 1 aromatic carbocycles. The molecule has 4 aromatic rings. The fraction of sp³-hybridized carbons (Fsp3) is 0.333. The third-order valence-electron chi connectivity index (χ3n) is 5.49. The Morgan fingerprint density at radius 3 is 2.58 bits per heavy atom. The van der Waals surface area contributed by atoms with Gasteiger partial charge in [-0.1, -0.05) is 37.8 Å². The Labute approximate surface area is 185 Å². The van der Waals surface area contributed by atoms with Gasteiger partial charge in [0.15, 0.2) is 0 Å². The second-order valence-electron chi connectivity index (χ2n) is 9.14. The van der Waals surface area contributed by atoms with E-state index in [0.717, 1.165) is 46.4 Å². The van der Waals surface area contributed by atoms with Crippen LogP contribution < -0.4 is 4.90 Å². The summed E-state index contributed by atoms with van der Waals surface area (Å²) in [5.41, 5.74) is 5.11. The van der Waals surface area contributed by atoms with Crippen LogP contribution in [0.15, 0.2) is 61.1 Å². The Morgan fingerprint density at radius 1 is 1.06 bits per heavy atom. The van der Waals surface area contributed by atoms with Crippen molar-refractivity contribution in [1.29, 1.82) is 0 Å². The quantitative estimate of drug-likeness (QED) is 0.268. The molecule has 4 rings (SSSR count). The van der Waals surface area contributed by atoms with E-state index in [4.69, 9.17) is 9.84 Å². The number of fused-ring (bicyclic) bond motifs is 1. The van der Waals surface area contributed by atoms with Gasteiger partial charge in [0.25, 0.3) is 0 Å². The van der Waals surface area contributed by atoms with Crippen molar-refractivity contribution in [3.8, 4) is 5.69 Å². The van der Waals surface area contributed by atoms with Crippen LogP contribution in [0.4, 0.5) is 11.4 Å². The molecule has 0 fully saturated rings. The number of nitrogens with zero attached hydrogens (tertiary/aromatic N) is 5. The lowest BCUT2D eigenvalue weighted by molar-refractivity contribution is 0.0899. The van der Waals surface area contributed by atoms with E-state index in [9.17, 15) is 0 Å². The Morgan fingerprint density at radius 2 is 1.84 bits per heavy atom. The maximum atomic E-state index is 5.94. The van der Waals surface area contributed by atoms with Gasteiger partial charge in [0.1, 0.15) is 12.4 Å². The molecule has 0 spiro atoms. The van der Waals surface area contributed by atoms with E-state index in [2.05, 4.69) is 65.5 Å². The molecular formula is C24H31N5OSi. The number of hydrogen-bond donors (Lipinski definition) is 0. The normalized spacial score (nSPS) is 11.9. The van der Waals surface area contributed by atoms with Crippen molar-refractivity contribution in [2.75, 3.05) is 18.6 Å². The fourth-order valence-electron chi connectivity index (χ4n) is 3.62. The SMILES string of the molecule is Cc1nn(-c2ccnc3c2ccn3COCC[Si](C)(C)C)cc1N(C)c1ccccc1. The number of rotatable bonds is 8. The van der Waals surface area contributed by atoms with E-state index in [1.165, 1.54) is 0 Å². The van der Waals surface area contributed by atoms with Gasteiger partial charge in [-0.2, -0.15) is 5.10 Å². The fourth-order valence-corrected chi connectivity index (χ4v) is 4.37. The van der Waals surface area contributed by atoms with E-state index in [1.807, 2.05) is 48.3 Å². The van der Waals surface area contributed by atoms with Crippen LogP contribution in [-0.2, 0) is 11.5 Å². The van der Waals surface area contributed by atoms with Crippen molar-refractivity contribution < 1.29 is 4.74 Å². The lowest BCUT2D eigenvalue weighted by Gasteiger charge is -2.17. The van der Waals surface area contributed by atoms with Gasteiger partial charge in [0, 0.05) is 45.2 Å². The zero-order valence-electron chi connectivity index (χ0n) is 19.0. The first kappa shape index (κ1) is 21.3. The molecule has 0 N–H and O–H groups in total. The molecule has 0 saturated heterocycles. The maximum Gasteiger partial charge on any atom is 0.143 e. The third-order valence-corrected chi connectivity index (χ3v) is 7.19. The van der Waals surface area contributed by atoms with Crippen molar-refractivity contribution in [3.05, 3.63) is 66.7 Å². The first-order chi connectivity index (χ1) is 14.8. The molecular weight excluding hydrogens is 402 g/mol. The summed E-state index contributed by atoms with van der Waals surface area (Å²) in [5, 5.41) is 5.86. The summed E-state index contributed by atoms with van der Waals surface area (Å²) >= 11 is 0. The molecule has 0 saturated carbocycles. The van der Waals surface area contributed by atoms with E-state index in [1.54, 1.807) is 0 Å². The molecule has 0 atom stereocenters. The van der Waals surface area contributed by atoms with Gasteiger partial charge in [-0.3, -0.25) is 0 Å². The molecule has 6 nitrogen and oxygen atoms in total. The summed E-state index contributed by atoms with van der Waals surface area (Å²) in [4.78, 5) is 6.77. The topological polar surface area (TPSA) is 48.1 Å². The lowest BCUT2D eigenvalue weighted by atomic mass is 10.2. The molecule has 0 aliphatic heterocycles. The third kappa shape index (κ3) is 4.73. The van der Waals surface area contributed by atoms with Gasteiger partial charge >= 0.3 is 0 Å². The summed E-state index contributed by atoms with van der Waals surface area (Å²) in [5.74, 6) is 0. The average molecular weight is 434 g/mol. The average Bonchev–Trinajstić information content (AvgIpc) is 3.34. The Bertz CT molecular complexity index is 1160. The maximum absolute atomic E-state index is 5.94. The summed E-state index contributed by atoms with van der Waals surface area (Å²) in [6.45, 7) is 10.5. The van der Waals surface area contributed by atoms with Crippen LogP contribution in [0.5, 0.6) is 0 Å². The molecule has 0 aliphatic carbocycles. The number of para-hydroxylation sites is 1. The predicted molar refractivity (Wildman–Crippen MR) is 130 cm³/mol. The number of aryl methyl sites for hydroxylation is 1. The van der Waals surface area contributed by atoms with E-state index in [0.29, 0.717) is 6.73 Å². The van der Waals surface area contributed by atoms with Crippen molar-refractivity contribution >= 4 is 30.5 Å². The monoisotopic (exact) mass is 433 g/mol. The zero-order valence-corrected chi connectivity index (χ0v) is 20.0. The van der Waals surface area contributed by atoms with Crippen molar-refractivity contribution in [3.63, 3.8) is 0 Å². The number of pyridine rings is 1. The largest absolute Gasteiger partial charge is 0.361 e. The van der Waals surface area contributed by atoms with Crippen LogP contribution in [0.25, 0.3) is 16.7 Å². The molecule has 0 bridgehead atoms. The zero-order chi connectivity index (χ0) is 22.0. The first-order valence-electron chi connectivity index (χ1n) is 10.7. The molecule has 7 heteroatoms. The van der Waals surface area contributed by atoms with Crippen LogP contribution in [0, 0.1) is 6.92 Å². The van der Waals surface area contributed by atoms with E-state index in [-0.39, 0.29) is 0 Å². The van der Waals surface area contributed by atoms with Crippen LogP contribution in [0.3, 0.4) is 0 Å². The van der Waals surface area contributed by atoms with Crippen molar-refractivity contribution in [2.45, 2.75) is 39.3 Å². The predicted octanol–water partition coefficient (Wildman–Crippen LogP) is 5.61. The highest BCUT2D eigenvalue weighted by atomic mass is 28.3. The Kier molecular flexibility index (Phi) is 5.98. The molecule has 0 radical (unpaired) electrons. The molecule has 0 amide bonds. The lowest BCUT2D eigenvalue weighted by Crippen LogP contribution is -2.22. The van der Waals surface area contributed by atoms with Gasteiger partial charge in [-0.25, -0.2) is 9.67 Å². The first-order valence-corrected chi connectivity index (χ1v) is 14.4. The Hall–Kier alpha value is -2.90. The number of benzene rings is 1. The summed E-state index contributed by atoms with van der Waals surface area (Å²) in [6, 6.07) is 15.6. The molecule has 0 unspecified atom stereocenters. The highest BCUT2D eigenvalue weighted by molar-refractivity contribution is 6.76. The van der Waals surface area contributed by atoms with Crippen molar-refractivity contribution in [1.82, 2.24) is 19.3 Å². The van der Waals surface area contributed by atoms with Crippen LogP contribution in [-0.4, -0.2) is 41.1 Å². The Balaban J connectivity index is 1.59. The molecule has 162 valence electrons. The van der Waals surface area contributed by atoms with E-state index >= 15 is 0 Å². The minimum absolute atomic E-state index is 0.518. The van der Waals surface area contributed by atoms with Crippen molar-refractivity contribution in [2.24, 2.45) is 0 Å². The second kappa shape index (κ2) is 8.68. The number of aromatic nitrogens is 4. The van der Waals surface area contributed by atoms with E-state index < -0.39 is 8.07 Å². The van der Waals surface area contributed by atoms with Crippen LogP contribution >= 0.6 is 0 Å². The minimum Gasteiger partial charge on any atom is -0.361 e. The van der Waals surface area contributed by atoms with Gasteiger partial charge in [-0.15, -0.1) is 0 Å². The second-order valence-corrected chi connectivity index (χ2v) is 14.8. The highest BCUT2D eigenvalue weighted by Crippen LogP contribution is 2.29. The molecule has 0 aliphatic rings. The number of hydrogen-bond acceptors (Lipinski definition) is 4. The van der Waals surface area contributed by atoms with Gasteiger partial charge in [0.05, 0.1) is 23.3 Å². The number of ether oxygens (including phenoxy) is 1. The standard InChI is InChI=1S/C24H31N5OSi/c1-19-23(27(2)20-9-7-6-8-10-20)17-29(26-19)22-11-13-25-24-21(22)12-14-28(24)18-30-15-16-31(3,4)5/h6-14,17H,15-16,18H2,1-5H3. The van der Waals surface area contributed by atoms with Gasteiger partial charge in [-0.05, 0) is 37.2 Å². The minimum atomic E-state index is -1.09.